The number of hydrogen-bond donors (Lipinski definition) is 2. The van der Waals surface area contributed by atoms with E-state index in [2.05, 4.69) is 0 Å². The van der Waals surface area contributed by atoms with Gasteiger partial charge in [0.05, 0.1) is 11.8 Å². The highest BCUT2D eigenvalue weighted by molar-refractivity contribution is 8.04. The lowest BCUT2D eigenvalue weighted by Crippen LogP contribution is -2.48. The van der Waals surface area contributed by atoms with E-state index in [1.54, 1.807) is 0 Å². The average Bonchev–Trinajstić information content (AvgIpc) is 2.73. The molecule has 20 heavy (non-hydrogen) atoms. The van der Waals surface area contributed by atoms with Crippen LogP contribution >= 0.6 is 11.8 Å². The van der Waals surface area contributed by atoms with E-state index >= 15 is 0 Å². The first-order chi connectivity index (χ1) is 9.58. The number of fused-ring (bicyclic) bond motifs is 1. The van der Waals surface area contributed by atoms with E-state index in [-0.39, 0.29) is 17.0 Å². The third kappa shape index (κ3) is 2.10. The highest BCUT2D eigenvalue weighted by Crippen LogP contribution is 2.47. The highest BCUT2D eigenvalue weighted by Gasteiger charge is 2.49. The molecule has 104 valence electrons. The van der Waals surface area contributed by atoms with Gasteiger partial charge in [-0.05, 0) is 12.0 Å². The summed E-state index contributed by atoms with van der Waals surface area (Å²) >= 11 is 1.41. The van der Waals surface area contributed by atoms with Crippen LogP contribution in [0.15, 0.2) is 40.9 Å². The molecular weight excluding hydrogens is 276 g/mol. The molecule has 1 aromatic carbocycles. The fourth-order valence-electron chi connectivity index (χ4n) is 2.50. The monoisotopic (exact) mass is 290 g/mol. The van der Waals surface area contributed by atoms with Crippen molar-refractivity contribution in [3.05, 3.63) is 46.5 Å². The molecule has 0 aromatic heterocycles. The molecular formula is C14H14N2O3S. The molecule has 3 N–H and O–H groups in total. The predicted molar refractivity (Wildman–Crippen MR) is 75.6 cm³/mol. The van der Waals surface area contributed by atoms with E-state index in [4.69, 9.17) is 5.73 Å². The predicted octanol–water partition coefficient (Wildman–Crippen LogP) is 1.16. The average molecular weight is 290 g/mol. The summed E-state index contributed by atoms with van der Waals surface area (Å²) in [6.07, 6.45) is 0.956. The Bertz CT molecular complexity index is 600. The first-order valence-electron chi connectivity index (χ1n) is 6.33. The standard InChI is InChI=1S/C14H14N2O3S/c15-9(6-8-4-2-1-3-5-8)13-12(14(18)19)16-10(17)7-11(16)20-13/h1-5,9,11H,6-7,15H2,(H,18,19)/t9?,11-/m0/s1. The molecule has 1 saturated heterocycles. The van der Waals surface area contributed by atoms with E-state index in [1.165, 1.54) is 16.7 Å². The molecule has 2 aliphatic rings. The number of hydrogen-bond acceptors (Lipinski definition) is 4. The first-order valence-corrected chi connectivity index (χ1v) is 7.21. The number of rotatable bonds is 4. The lowest BCUT2D eigenvalue weighted by Gasteiger charge is -2.33. The van der Waals surface area contributed by atoms with Crippen molar-refractivity contribution in [2.75, 3.05) is 0 Å². The van der Waals surface area contributed by atoms with Crippen LogP contribution in [0.4, 0.5) is 0 Å². The van der Waals surface area contributed by atoms with Gasteiger partial charge in [0.1, 0.15) is 5.70 Å². The normalized spacial score (nSPS) is 22.6. The third-order valence-electron chi connectivity index (χ3n) is 3.48. The fraction of sp³-hybridized carbons (Fsp3) is 0.286. The van der Waals surface area contributed by atoms with Gasteiger partial charge >= 0.3 is 5.97 Å². The number of amides is 1. The summed E-state index contributed by atoms with van der Waals surface area (Å²) in [5.41, 5.74) is 7.28. The van der Waals surface area contributed by atoms with E-state index in [9.17, 15) is 14.7 Å². The Hall–Kier alpha value is -1.79. The molecule has 1 unspecified atom stereocenters. The maximum absolute atomic E-state index is 11.5. The topological polar surface area (TPSA) is 83.6 Å². The zero-order chi connectivity index (χ0) is 14.3. The molecule has 1 fully saturated rings. The second-order valence-electron chi connectivity index (χ2n) is 4.85. The Kier molecular flexibility index (Phi) is 3.27. The van der Waals surface area contributed by atoms with Gasteiger partial charge in [0.25, 0.3) is 0 Å². The molecule has 1 aromatic rings. The number of carbonyl (C=O) groups excluding carboxylic acids is 1. The molecule has 0 saturated carbocycles. The number of nitrogens with two attached hydrogens (primary N) is 1. The minimum absolute atomic E-state index is 0.0691. The number of benzene rings is 1. The Morgan fingerprint density at radius 2 is 2.15 bits per heavy atom. The molecule has 0 aliphatic carbocycles. The van der Waals surface area contributed by atoms with Crippen molar-refractivity contribution < 1.29 is 14.7 Å². The molecule has 0 bridgehead atoms. The van der Waals surface area contributed by atoms with Crippen molar-refractivity contribution in [3.63, 3.8) is 0 Å². The van der Waals surface area contributed by atoms with Crippen LogP contribution in [-0.2, 0) is 16.0 Å². The van der Waals surface area contributed by atoms with Crippen molar-refractivity contribution in [1.29, 1.82) is 0 Å². The van der Waals surface area contributed by atoms with Crippen LogP contribution in [0.1, 0.15) is 12.0 Å². The van der Waals surface area contributed by atoms with Crippen LogP contribution in [0, 0.1) is 0 Å². The summed E-state index contributed by atoms with van der Waals surface area (Å²) in [6.45, 7) is 0. The zero-order valence-corrected chi connectivity index (χ0v) is 11.5. The minimum atomic E-state index is -1.08. The summed E-state index contributed by atoms with van der Waals surface area (Å²) in [7, 11) is 0. The summed E-state index contributed by atoms with van der Waals surface area (Å²) < 4.78 is 0. The minimum Gasteiger partial charge on any atom is -0.477 e. The highest BCUT2D eigenvalue weighted by atomic mass is 32.2. The molecule has 2 heterocycles. The lowest BCUT2D eigenvalue weighted by molar-refractivity contribution is -0.145. The Balaban J connectivity index is 1.85. The smallest absolute Gasteiger partial charge is 0.353 e. The number of β-lactam (4-membered cyclic amide) rings is 1. The van der Waals surface area contributed by atoms with E-state index in [0.29, 0.717) is 17.7 Å². The van der Waals surface area contributed by atoms with Gasteiger partial charge in [-0.3, -0.25) is 9.69 Å². The molecule has 0 radical (unpaired) electrons. The molecule has 6 heteroatoms. The van der Waals surface area contributed by atoms with Crippen LogP contribution in [0.3, 0.4) is 0 Å². The van der Waals surface area contributed by atoms with Crippen LogP contribution in [-0.4, -0.2) is 33.3 Å². The van der Waals surface area contributed by atoms with Crippen molar-refractivity contribution in [1.82, 2.24) is 4.90 Å². The van der Waals surface area contributed by atoms with Crippen LogP contribution in [0.2, 0.25) is 0 Å². The summed E-state index contributed by atoms with van der Waals surface area (Å²) in [4.78, 5) is 24.9. The SMILES string of the molecule is NC(Cc1ccccc1)C1=C(C(=O)O)N2C(=O)C[C@@H]2S1. The van der Waals surface area contributed by atoms with Gasteiger partial charge in [-0.15, -0.1) is 11.8 Å². The van der Waals surface area contributed by atoms with E-state index in [0.717, 1.165) is 5.56 Å². The number of thioether (sulfide) groups is 1. The van der Waals surface area contributed by atoms with Crippen molar-refractivity contribution in [3.8, 4) is 0 Å². The Morgan fingerprint density at radius 3 is 2.75 bits per heavy atom. The van der Waals surface area contributed by atoms with Gasteiger partial charge in [-0.25, -0.2) is 4.79 Å². The largest absolute Gasteiger partial charge is 0.477 e. The number of carboxylic acid groups (broad SMARTS) is 1. The fourth-order valence-corrected chi connectivity index (χ4v) is 3.91. The number of nitrogens with zero attached hydrogens (tertiary/aromatic N) is 1. The summed E-state index contributed by atoms with van der Waals surface area (Å²) in [6, 6.07) is 9.29. The maximum atomic E-state index is 11.5. The Labute approximate surface area is 120 Å². The lowest BCUT2D eigenvalue weighted by atomic mass is 10.0. The van der Waals surface area contributed by atoms with Crippen molar-refractivity contribution >= 4 is 23.6 Å². The van der Waals surface area contributed by atoms with Gasteiger partial charge < -0.3 is 10.8 Å². The van der Waals surface area contributed by atoms with Crippen LogP contribution in [0.25, 0.3) is 0 Å². The summed E-state index contributed by atoms with van der Waals surface area (Å²) in [5.74, 6) is -1.21. The van der Waals surface area contributed by atoms with Crippen molar-refractivity contribution in [2.24, 2.45) is 5.73 Å². The third-order valence-corrected chi connectivity index (χ3v) is 4.88. The van der Waals surface area contributed by atoms with Gasteiger partial charge in [0, 0.05) is 10.9 Å². The molecule has 2 aliphatic heterocycles. The maximum Gasteiger partial charge on any atom is 0.353 e. The second-order valence-corrected chi connectivity index (χ2v) is 6.07. The zero-order valence-electron chi connectivity index (χ0n) is 10.7. The van der Waals surface area contributed by atoms with Gasteiger partial charge in [0.15, 0.2) is 0 Å². The quantitative estimate of drug-likeness (QED) is 0.813. The van der Waals surface area contributed by atoms with Gasteiger partial charge in [-0.2, -0.15) is 0 Å². The molecule has 2 atom stereocenters. The molecule has 0 spiro atoms. The number of aliphatic carboxylic acids is 1. The number of carbonyl (C=O) groups is 2. The van der Waals surface area contributed by atoms with Crippen LogP contribution in [0.5, 0.6) is 0 Å². The molecule has 3 rings (SSSR count). The Morgan fingerprint density at radius 1 is 1.45 bits per heavy atom. The van der Waals surface area contributed by atoms with Gasteiger partial charge in [0.2, 0.25) is 5.91 Å². The van der Waals surface area contributed by atoms with E-state index in [1.807, 2.05) is 30.3 Å². The second kappa shape index (κ2) is 4.96. The van der Waals surface area contributed by atoms with Gasteiger partial charge in [-0.1, -0.05) is 30.3 Å². The van der Waals surface area contributed by atoms with Crippen molar-refractivity contribution in [2.45, 2.75) is 24.3 Å². The first kappa shape index (κ1) is 13.2. The number of carboxylic acids is 1. The molecule has 1 amide bonds. The van der Waals surface area contributed by atoms with Crippen LogP contribution < -0.4 is 5.73 Å². The summed E-state index contributed by atoms with van der Waals surface area (Å²) in [5, 5.41) is 9.24. The van der Waals surface area contributed by atoms with E-state index < -0.39 is 12.0 Å². The molecule has 5 nitrogen and oxygen atoms in total.